The second-order valence-corrected chi connectivity index (χ2v) is 3.67. The first-order valence-corrected chi connectivity index (χ1v) is 5.43. The van der Waals surface area contributed by atoms with Gasteiger partial charge in [0.1, 0.15) is 6.61 Å². The van der Waals surface area contributed by atoms with Crippen molar-refractivity contribution in [3.05, 3.63) is 25.0 Å². The summed E-state index contributed by atoms with van der Waals surface area (Å²) in [6.45, 7) is 0.578. The summed E-state index contributed by atoms with van der Waals surface area (Å²) in [7, 11) is 0. The van der Waals surface area contributed by atoms with E-state index in [9.17, 15) is 43.9 Å². The molecule has 0 saturated carbocycles. The van der Waals surface area contributed by atoms with Crippen LogP contribution in [0.1, 0.15) is 0 Å². The summed E-state index contributed by atoms with van der Waals surface area (Å²) in [5.41, 5.74) is 0. The second kappa shape index (κ2) is 8.02. The molecule has 0 rings (SSSR count). The molecule has 0 radical (unpaired) electrons. The minimum atomic E-state index is -6.32. The number of ether oxygens (including phenoxy) is 4. The third kappa shape index (κ3) is 7.83. The van der Waals surface area contributed by atoms with Crippen LogP contribution in [0.15, 0.2) is 25.0 Å². The molecule has 0 aromatic carbocycles. The molecule has 0 aromatic rings. The Kier molecular flexibility index (Phi) is 7.51. The lowest BCUT2D eigenvalue weighted by Gasteiger charge is -2.29. The molecule has 0 aliphatic heterocycles. The van der Waals surface area contributed by atoms with Crippen molar-refractivity contribution in [3.63, 3.8) is 0 Å². The zero-order chi connectivity index (χ0) is 19.2. The minimum Gasteiger partial charge on any atom is -0.428 e. The van der Waals surface area contributed by atoms with Gasteiger partial charge in [-0.25, -0.2) is 9.47 Å². The molecule has 0 spiro atoms. The molecule has 0 N–H and O–H groups in total. The Morgan fingerprint density at radius 1 is 0.875 bits per heavy atom. The maximum Gasteiger partial charge on any atom is 0.495 e. The van der Waals surface area contributed by atoms with Gasteiger partial charge in [0.2, 0.25) is 0 Å². The van der Waals surface area contributed by atoms with Gasteiger partial charge in [-0.1, -0.05) is 6.08 Å². The quantitative estimate of drug-likeness (QED) is 0.176. The van der Waals surface area contributed by atoms with Gasteiger partial charge >= 0.3 is 30.7 Å². The molecule has 0 aliphatic rings. The predicted octanol–water partition coefficient (Wildman–Crippen LogP) is 4.31. The zero-order valence-electron chi connectivity index (χ0n) is 11.2. The number of hydrogen-bond acceptors (Lipinski definition) is 4. The van der Waals surface area contributed by atoms with E-state index in [0.717, 1.165) is 6.08 Å². The predicted molar refractivity (Wildman–Crippen MR) is 54.4 cm³/mol. The highest BCUT2D eigenvalue weighted by Gasteiger charge is 2.67. The van der Waals surface area contributed by atoms with E-state index < -0.39 is 50.2 Å². The van der Waals surface area contributed by atoms with Crippen LogP contribution in [0.25, 0.3) is 0 Å². The lowest BCUT2D eigenvalue weighted by Crippen LogP contribution is -2.50. The van der Waals surface area contributed by atoms with E-state index in [0.29, 0.717) is 0 Å². The van der Waals surface area contributed by atoms with Crippen LogP contribution >= 0.6 is 0 Å². The molecule has 0 saturated heterocycles. The van der Waals surface area contributed by atoms with Crippen molar-refractivity contribution in [1.29, 1.82) is 0 Å². The van der Waals surface area contributed by atoms with Crippen molar-refractivity contribution in [3.8, 4) is 0 Å². The molecule has 0 heterocycles. The summed E-state index contributed by atoms with van der Waals surface area (Å²) >= 11 is 0. The lowest BCUT2D eigenvalue weighted by molar-refractivity contribution is -0.551. The Morgan fingerprint density at radius 3 is 1.88 bits per heavy atom. The Morgan fingerprint density at radius 2 is 1.42 bits per heavy atom. The van der Waals surface area contributed by atoms with Crippen LogP contribution < -0.4 is 0 Å². The molecule has 4 nitrogen and oxygen atoms in total. The SMILES string of the molecule is C=CCOCC(F)(F)OC(F)(F)OC(F)(F)C(F)(F)OC=C(F)F. The summed E-state index contributed by atoms with van der Waals surface area (Å²) in [6, 6.07) is 0. The van der Waals surface area contributed by atoms with E-state index >= 15 is 0 Å². The highest BCUT2D eigenvalue weighted by atomic mass is 19.3. The standard InChI is InChI=1S/C10H8F10O4/c1-2-3-21-5-7(13,14)23-10(19,20)24-9(17,18)8(15,16)22-4-6(11)12/h2,4H,1,3,5H2. The monoisotopic (exact) mass is 382 g/mol. The van der Waals surface area contributed by atoms with E-state index in [4.69, 9.17) is 0 Å². The first-order valence-electron chi connectivity index (χ1n) is 5.43. The van der Waals surface area contributed by atoms with Crippen LogP contribution in [-0.2, 0) is 18.9 Å². The van der Waals surface area contributed by atoms with Crippen LogP contribution in [0.3, 0.4) is 0 Å². The van der Waals surface area contributed by atoms with Gasteiger partial charge in [0.05, 0.1) is 6.61 Å². The van der Waals surface area contributed by atoms with E-state index in [1.165, 1.54) is 0 Å². The molecular weight excluding hydrogens is 374 g/mol. The van der Waals surface area contributed by atoms with Crippen LogP contribution in [0.4, 0.5) is 43.9 Å². The van der Waals surface area contributed by atoms with Gasteiger partial charge in [-0.3, -0.25) is 0 Å². The maximum absolute atomic E-state index is 12.9. The highest BCUT2D eigenvalue weighted by molar-refractivity contribution is 4.76. The average molecular weight is 382 g/mol. The van der Waals surface area contributed by atoms with Crippen molar-refractivity contribution in [2.75, 3.05) is 13.2 Å². The smallest absolute Gasteiger partial charge is 0.428 e. The van der Waals surface area contributed by atoms with E-state index in [2.05, 4.69) is 25.5 Å². The van der Waals surface area contributed by atoms with E-state index in [-0.39, 0.29) is 0 Å². The van der Waals surface area contributed by atoms with Crippen molar-refractivity contribution < 1.29 is 62.9 Å². The second-order valence-electron chi connectivity index (χ2n) is 3.67. The van der Waals surface area contributed by atoms with Gasteiger partial charge in [0, 0.05) is 0 Å². The Bertz CT molecular complexity index is 447. The Labute approximate surface area is 127 Å². The molecular formula is C10H8F10O4. The summed E-state index contributed by atoms with van der Waals surface area (Å²) in [4.78, 5) is 0. The van der Waals surface area contributed by atoms with Gasteiger partial charge < -0.3 is 9.47 Å². The fourth-order valence-corrected chi connectivity index (χ4v) is 0.881. The minimum absolute atomic E-state index is 0.561. The molecule has 0 unspecified atom stereocenters. The molecule has 0 fully saturated rings. The molecule has 14 heteroatoms. The number of halogens is 10. The van der Waals surface area contributed by atoms with Crippen LogP contribution in [0.5, 0.6) is 0 Å². The third-order valence-corrected chi connectivity index (χ3v) is 1.66. The highest BCUT2D eigenvalue weighted by Crippen LogP contribution is 2.42. The van der Waals surface area contributed by atoms with Crippen LogP contribution in [0.2, 0.25) is 0 Å². The summed E-state index contributed by atoms with van der Waals surface area (Å²) in [6.07, 6.45) is -26.5. The van der Waals surface area contributed by atoms with E-state index in [1.54, 1.807) is 0 Å². The molecule has 142 valence electrons. The van der Waals surface area contributed by atoms with Gasteiger partial charge in [-0.2, -0.15) is 35.1 Å². The largest absolute Gasteiger partial charge is 0.495 e. The summed E-state index contributed by atoms with van der Waals surface area (Å²) in [5, 5.41) is 0. The average Bonchev–Trinajstić information content (AvgIpc) is 2.33. The molecule has 0 atom stereocenters. The zero-order valence-corrected chi connectivity index (χ0v) is 11.2. The normalized spacial score (nSPS) is 13.6. The van der Waals surface area contributed by atoms with Gasteiger partial charge in [-0.15, -0.1) is 15.4 Å². The fourth-order valence-electron chi connectivity index (χ4n) is 0.881. The molecule has 0 aromatic heterocycles. The lowest BCUT2D eigenvalue weighted by atomic mass is 10.5. The van der Waals surface area contributed by atoms with Crippen molar-refractivity contribution >= 4 is 0 Å². The van der Waals surface area contributed by atoms with Crippen molar-refractivity contribution in [1.82, 2.24) is 0 Å². The Balaban J connectivity index is 4.98. The third-order valence-electron chi connectivity index (χ3n) is 1.66. The van der Waals surface area contributed by atoms with Crippen molar-refractivity contribution in [2.24, 2.45) is 0 Å². The number of hydrogen-bond donors (Lipinski definition) is 0. The topological polar surface area (TPSA) is 36.9 Å². The molecule has 0 amide bonds. The summed E-state index contributed by atoms with van der Waals surface area (Å²) < 4.78 is 137. The first kappa shape index (κ1) is 22.5. The van der Waals surface area contributed by atoms with Gasteiger partial charge in [0.25, 0.3) is 0 Å². The van der Waals surface area contributed by atoms with Gasteiger partial charge in [0.15, 0.2) is 6.26 Å². The fraction of sp³-hybridized carbons (Fsp3) is 0.600. The van der Waals surface area contributed by atoms with E-state index in [1.807, 2.05) is 0 Å². The first-order chi connectivity index (χ1) is 10.6. The molecule has 0 bridgehead atoms. The Hall–Kier alpha value is -1.54. The van der Waals surface area contributed by atoms with Crippen molar-refractivity contribution in [2.45, 2.75) is 24.6 Å². The number of alkyl halides is 8. The maximum atomic E-state index is 12.9. The molecule has 24 heavy (non-hydrogen) atoms. The van der Waals surface area contributed by atoms with Crippen LogP contribution in [0, 0.1) is 0 Å². The van der Waals surface area contributed by atoms with Gasteiger partial charge in [-0.05, 0) is 0 Å². The summed E-state index contributed by atoms with van der Waals surface area (Å²) in [5.74, 6) is 0. The molecule has 0 aliphatic carbocycles. The van der Waals surface area contributed by atoms with Crippen LogP contribution in [-0.4, -0.2) is 37.8 Å². The number of rotatable bonds is 11.